The first-order valence-corrected chi connectivity index (χ1v) is 7.86. The minimum Gasteiger partial charge on any atom is -0.392 e. The Morgan fingerprint density at radius 1 is 1.40 bits per heavy atom. The predicted molar refractivity (Wildman–Crippen MR) is 74.4 cm³/mol. The van der Waals surface area contributed by atoms with Gasteiger partial charge in [-0.25, -0.2) is 8.42 Å². The van der Waals surface area contributed by atoms with Gasteiger partial charge in [0, 0.05) is 18.7 Å². The maximum absolute atomic E-state index is 12.5. The van der Waals surface area contributed by atoms with Gasteiger partial charge in [0.1, 0.15) is 6.61 Å². The van der Waals surface area contributed by atoms with Crippen molar-refractivity contribution in [2.75, 3.05) is 19.7 Å². The smallest absolute Gasteiger partial charge is 0.243 e. The summed E-state index contributed by atoms with van der Waals surface area (Å²) < 4.78 is 26.3. The lowest BCUT2D eigenvalue weighted by atomic mass is 10.1. The molecule has 1 fully saturated rings. The second kappa shape index (κ2) is 6.37. The summed E-state index contributed by atoms with van der Waals surface area (Å²) in [6.45, 7) is 0.288. The average molecular weight is 295 g/mol. The molecular formula is C14H17NO4S. The van der Waals surface area contributed by atoms with Crippen molar-refractivity contribution in [1.29, 1.82) is 0 Å². The maximum Gasteiger partial charge on any atom is 0.243 e. The highest BCUT2D eigenvalue weighted by molar-refractivity contribution is 7.89. The summed E-state index contributed by atoms with van der Waals surface area (Å²) in [6.07, 6.45) is 0.689. The molecule has 20 heavy (non-hydrogen) atoms. The zero-order valence-electron chi connectivity index (χ0n) is 11.0. The van der Waals surface area contributed by atoms with Gasteiger partial charge in [-0.1, -0.05) is 17.9 Å². The van der Waals surface area contributed by atoms with Crippen molar-refractivity contribution in [2.45, 2.75) is 23.8 Å². The van der Waals surface area contributed by atoms with Crippen LogP contribution >= 0.6 is 0 Å². The van der Waals surface area contributed by atoms with Gasteiger partial charge in [0.2, 0.25) is 10.0 Å². The van der Waals surface area contributed by atoms with E-state index in [1.165, 1.54) is 16.4 Å². The summed E-state index contributed by atoms with van der Waals surface area (Å²) in [7, 11) is -3.60. The van der Waals surface area contributed by atoms with Gasteiger partial charge in [0.15, 0.2) is 0 Å². The lowest BCUT2D eigenvalue weighted by Gasteiger charge is -2.29. The van der Waals surface area contributed by atoms with Crippen molar-refractivity contribution in [1.82, 2.24) is 4.31 Å². The quantitative estimate of drug-likeness (QED) is 0.763. The number of hydrogen-bond donors (Lipinski definition) is 2. The van der Waals surface area contributed by atoms with Crippen molar-refractivity contribution in [3.05, 3.63) is 29.8 Å². The number of benzene rings is 1. The van der Waals surface area contributed by atoms with Gasteiger partial charge < -0.3 is 10.2 Å². The van der Waals surface area contributed by atoms with E-state index in [1.54, 1.807) is 12.1 Å². The molecule has 0 aliphatic carbocycles. The minimum absolute atomic E-state index is 0.134. The maximum atomic E-state index is 12.5. The van der Waals surface area contributed by atoms with Crippen LogP contribution in [-0.2, 0) is 10.0 Å². The second-order valence-electron chi connectivity index (χ2n) is 4.65. The molecule has 0 amide bonds. The van der Waals surface area contributed by atoms with Crippen molar-refractivity contribution in [3.63, 3.8) is 0 Å². The predicted octanol–water partition coefficient (Wildman–Crippen LogP) is 0.176. The molecule has 1 aliphatic rings. The fourth-order valence-corrected chi connectivity index (χ4v) is 3.73. The number of rotatable bonds is 2. The lowest BCUT2D eigenvalue weighted by Crippen LogP contribution is -2.42. The second-order valence-corrected chi connectivity index (χ2v) is 6.58. The normalized spacial score (nSPS) is 20.2. The fraction of sp³-hybridized carbons (Fsp3) is 0.429. The van der Waals surface area contributed by atoms with Crippen molar-refractivity contribution in [3.8, 4) is 11.8 Å². The zero-order chi connectivity index (χ0) is 14.6. The van der Waals surface area contributed by atoms with Crippen molar-refractivity contribution >= 4 is 10.0 Å². The SMILES string of the molecule is O=S(=O)(c1cccc(C#CCO)c1)N1CCCC(O)C1. The molecule has 0 spiro atoms. The number of sulfonamides is 1. The van der Waals surface area contributed by atoms with E-state index in [0.717, 1.165) is 0 Å². The van der Waals surface area contributed by atoms with Crippen LogP contribution in [0, 0.1) is 11.8 Å². The molecule has 2 N–H and O–H groups in total. The van der Waals surface area contributed by atoms with Crippen LogP contribution in [0.15, 0.2) is 29.2 Å². The molecule has 1 heterocycles. The van der Waals surface area contributed by atoms with Crippen molar-refractivity contribution < 1.29 is 18.6 Å². The van der Waals surface area contributed by atoms with Gasteiger partial charge in [-0.05, 0) is 31.0 Å². The highest BCUT2D eigenvalue weighted by Gasteiger charge is 2.29. The molecule has 5 nitrogen and oxygen atoms in total. The summed E-state index contributed by atoms with van der Waals surface area (Å²) >= 11 is 0. The monoisotopic (exact) mass is 295 g/mol. The third-order valence-electron chi connectivity index (χ3n) is 3.14. The van der Waals surface area contributed by atoms with E-state index < -0.39 is 16.1 Å². The molecular weight excluding hydrogens is 278 g/mol. The van der Waals surface area contributed by atoms with Crippen LogP contribution in [0.1, 0.15) is 18.4 Å². The van der Waals surface area contributed by atoms with Crippen LogP contribution in [0.5, 0.6) is 0 Å². The lowest BCUT2D eigenvalue weighted by molar-refractivity contribution is 0.108. The molecule has 1 unspecified atom stereocenters. The molecule has 0 bridgehead atoms. The van der Waals surface area contributed by atoms with Gasteiger partial charge >= 0.3 is 0 Å². The average Bonchev–Trinajstić information content (AvgIpc) is 2.45. The van der Waals surface area contributed by atoms with E-state index in [-0.39, 0.29) is 18.0 Å². The summed E-state index contributed by atoms with van der Waals surface area (Å²) in [6, 6.07) is 6.31. The summed E-state index contributed by atoms with van der Waals surface area (Å²) in [5.41, 5.74) is 0.540. The Morgan fingerprint density at radius 3 is 2.90 bits per heavy atom. The highest BCUT2D eigenvalue weighted by Crippen LogP contribution is 2.21. The van der Waals surface area contributed by atoms with Crippen molar-refractivity contribution in [2.24, 2.45) is 0 Å². The van der Waals surface area contributed by atoms with Crippen LogP contribution < -0.4 is 0 Å². The standard InChI is InChI=1S/C14H17NO4S/c16-9-3-5-12-4-1-7-14(10-12)20(18,19)15-8-2-6-13(17)11-15/h1,4,7,10,13,16-17H,2,6,8-9,11H2. The van der Waals surface area contributed by atoms with E-state index in [4.69, 9.17) is 5.11 Å². The molecule has 1 aliphatic heterocycles. The van der Waals surface area contributed by atoms with Gasteiger partial charge in [0.25, 0.3) is 0 Å². The third kappa shape index (κ3) is 3.38. The molecule has 0 saturated carbocycles. The molecule has 2 rings (SSSR count). The van der Waals surface area contributed by atoms with Crippen LogP contribution in [0.2, 0.25) is 0 Å². The Hall–Kier alpha value is -1.39. The number of β-amino-alcohol motifs (C(OH)–C–C–N with tert-alkyl or cyclic N) is 1. The molecule has 1 aromatic rings. The van der Waals surface area contributed by atoms with Crippen LogP contribution in [0.4, 0.5) is 0 Å². The Kier molecular flexibility index (Phi) is 4.78. The highest BCUT2D eigenvalue weighted by atomic mass is 32.2. The molecule has 0 aromatic heterocycles. The first-order chi connectivity index (χ1) is 9.54. The number of piperidine rings is 1. The molecule has 0 radical (unpaired) electrons. The largest absolute Gasteiger partial charge is 0.392 e. The Labute approximate surface area is 118 Å². The Bertz CT molecular complexity index is 630. The third-order valence-corrected chi connectivity index (χ3v) is 5.00. The van der Waals surface area contributed by atoms with E-state index in [9.17, 15) is 13.5 Å². The van der Waals surface area contributed by atoms with E-state index in [0.29, 0.717) is 24.9 Å². The first kappa shape index (κ1) is 15.0. The van der Waals surface area contributed by atoms with Gasteiger partial charge in [-0.3, -0.25) is 0 Å². The Balaban J connectivity index is 2.29. The van der Waals surface area contributed by atoms with Gasteiger partial charge in [0.05, 0.1) is 11.0 Å². The Morgan fingerprint density at radius 2 is 2.20 bits per heavy atom. The summed E-state index contributed by atoms with van der Waals surface area (Å²) in [5.74, 6) is 5.17. The summed E-state index contributed by atoms with van der Waals surface area (Å²) in [5, 5.41) is 18.3. The van der Waals surface area contributed by atoms with Gasteiger partial charge in [-0.15, -0.1) is 0 Å². The number of aliphatic hydroxyl groups is 2. The van der Waals surface area contributed by atoms with E-state index in [2.05, 4.69) is 11.8 Å². The van der Waals surface area contributed by atoms with Crippen LogP contribution in [-0.4, -0.2) is 48.7 Å². The first-order valence-electron chi connectivity index (χ1n) is 6.42. The topological polar surface area (TPSA) is 77.8 Å². The molecule has 6 heteroatoms. The number of nitrogens with zero attached hydrogens (tertiary/aromatic N) is 1. The zero-order valence-corrected chi connectivity index (χ0v) is 11.8. The molecule has 1 atom stereocenters. The van der Waals surface area contributed by atoms with Gasteiger partial charge in [-0.2, -0.15) is 4.31 Å². The molecule has 108 valence electrons. The van der Waals surface area contributed by atoms with E-state index in [1.807, 2.05) is 0 Å². The number of aliphatic hydroxyl groups excluding tert-OH is 2. The molecule has 1 aromatic carbocycles. The summed E-state index contributed by atoms with van der Waals surface area (Å²) in [4.78, 5) is 0.163. The van der Waals surface area contributed by atoms with E-state index >= 15 is 0 Å². The number of hydrogen-bond acceptors (Lipinski definition) is 4. The molecule has 1 saturated heterocycles. The van der Waals surface area contributed by atoms with Crippen LogP contribution in [0.25, 0.3) is 0 Å². The van der Waals surface area contributed by atoms with Crippen LogP contribution in [0.3, 0.4) is 0 Å². The minimum atomic E-state index is -3.60. The fourth-order valence-electron chi connectivity index (χ4n) is 2.16.